The summed E-state index contributed by atoms with van der Waals surface area (Å²) in [5.74, 6) is 1.39. The molecule has 2 heteroatoms. The van der Waals surface area contributed by atoms with Crippen molar-refractivity contribution in [1.82, 2.24) is 0 Å². The Morgan fingerprint density at radius 2 is 2.08 bits per heavy atom. The first-order valence-corrected chi connectivity index (χ1v) is 5.48. The van der Waals surface area contributed by atoms with Gasteiger partial charge in [0, 0.05) is 18.9 Å². The molecule has 0 N–H and O–H groups in total. The van der Waals surface area contributed by atoms with Crippen LogP contribution in [0.1, 0.15) is 38.5 Å². The summed E-state index contributed by atoms with van der Waals surface area (Å²) in [6, 6.07) is 0. The lowest BCUT2D eigenvalue weighted by Crippen LogP contribution is -2.22. The molecule has 0 bridgehead atoms. The van der Waals surface area contributed by atoms with E-state index >= 15 is 0 Å². The molecule has 1 aliphatic heterocycles. The Morgan fingerprint density at radius 3 is 2.85 bits per heavy atom. The number of hydrogen-bond donors (Lipinski definition) is 0. The molecule has 2 fully saturated rings. The first kappa shape index (κ1) is 9.20. The van der Waals surface area contributed by atoms with Crippen molar-refractivity contribution < 1.29 is 9.53 Å². The largest absolute Gasteiger partial charge is 0.381 e. The molecule has 1 aliphatic carbocycles. The molecule has 0 radical (unpaired) electrons. The van der Waals surface area contributed by atoms with Gasteiger partial charge in [-0.15, -0.1) is 0 Å². The molecule has 74 valence electrons. The highest BCUT2D eigenvalue weighted by Crippen LogP contribution is 2.31. The van der Waals surface area contributed by atoms with Crippen molar-refractivity contribution in [3.8, 4) is 0 Å². The summed E-state index contributed by atoms with van der Waals surface area (Å²) in [4.78, 5) is 11.7. The summed E-state index contributed by atoms with van der Waals surface area (Å²) < 4.78 is 5.35. The summed E-state index contributed by atoms with van der Waals surface area (Å²) in [6.45, 7) is 1.70. The van der Waals surface area contributed by atoms with E-state index < -0.39 is 0 Å². The van der Waals surface area contributed by atoms with Crippen LogP contribution in [0, 0.1) is 11.8 Å². The highest BCUT2D eigenvalue weighted by molar-refractivity contribution is 5.81. The van der Waals surface area contributed by atoms with E-state index in [0.29, 0.717) is 17.6 Å². The van der Waals surface area contributed by atoms with Crippen LogP contribution in [0.4, 0.5) is 0 Å². The van der Waals surface area contributed by atoms with Crippen molar-refractivity contribution in [2.75, 3.05) is 13.2 Å². The van der Waals surface area contributed by atoms with E-state index in [1.165, 1.54) is 12.8 Å². The zero-order valence-electron chi connectivity index (χ0n) is 8.13. The minimum atomic E-state index is 0.338. The SMILES string of the molecule is O=C1CCCCCC1C1CCOC1. The minimum absolute atomic E-state index is 0.338. The fraction of sp³-hybridized carbons (Fsp3) is 0.909. The maximum atomic E-state index is 11.7. The molecule has 2 nitrogen and oxygen atoms in total. The Morgan fingerprint density at radius 1 is 1.15 bits per heavy atom. The normalized spacial score (nSPS) is 36.2. The lowest BCUT2D eigenvalue weighted by Gasteiger charge is -2.18. The van der Waals surface area contributed by atoms with Crippen LogP contribution in [-0.4, -0.2) is 19.0 Å². The molecule has 0 spiro atoms. The van der Waals surface area contributed by atoms with Gasteiger partial charge in [0.2, 0.25) is 0 Å². The molecule has 2 atom stereocenters. The lowest BCUT2D eigenvalue weighted by atomic mass is 9.85. The second-order valence-corrected chi connectivity index (χ2v) is 4.30. The quantitative estimate of drug-likeness (QED) is 0.581. The van der Waals surface area contributed by atoms with Crippen LogP contribution >= 0.6 is 0 Å². The van der Waals surface area contributed by atoms with Crippen molar-refractivity contribution in [3.05, 3.63) is 0 Å². The lowest BCUT2D eigenvalue weighted by molar-refractivity contribution is -0.124. The molecule has 0 aromatic heterocycles. The van der Waals surface area contributed by atoms with Gasteiger partial charge in [0.05, 0.1) is 6.61 Å². The van der Waals surface area contributed by atoms with Crippen LogP contribution < -0.4 is 0 Å². The fourth-order valence-electron chi connectivity index (χ4n) is 2.56. The maximum absolute atomic E-state index is 11.7. The van der Waals surface area contributed by atoms with Crippen LogP contribution in [0.15, 0.2) is 0 Å². The van der Waals surface area contributed by atoms with E-state index in [-0.39, 0.29) is 0 Å². The molecule has 1 saturated carbocycles. The number of ether oxygens (including phenoxy) is 1. The number of carbonyl (C=O) groups is 1. The molecule has 0 aromatic carbocycles. The van der Waals surface area contributed by atoms with Gasteiger partial charge >= 0.3 is 0 Å². The van der Waals surface area contributed by atoms with Crippen LogP contribution in [0.2, 0.25) is 0 Å². The van der Waals surface area contributed by atoms with Crippen LogP contribution in [-0.2, 0) is 9.53 Å². The van der Waals surface area contributed by atoms with Gasteiger partial charge in [0.1, 0.15) is 5.78 Å². The van der Waals surface area contributed by atoms with Gasteiger partial charge in [0.15, 0.2) is 0 Å². The molecular weight excluding hydrogens is 164 g/mol. The average molecular weight is 182 g/mol. The molecule has 0 amide bonds. The van der Waals surface area contributed by atoms with E-state index in [1.807, 2.05) is 0 Å². The zero-order valence-corrected chi connectivity index (χ0v) is 8.13. The van der Waals surface area contributed by atoms with Gasteiger partial charge < -0.3 is 4.74 Å². The Hall–Kier alpha value is -0.370. The number of hydrogen-bond acceptors (Lipinski definition) is 2. The topological polar surface area (TPSA) is 26.3 Å². The summed E-state index contributed by atoms with van der Waals surface area (Å²) in [7, 11) is 0. The zero-order chi connectivity index (χ0) is 9.10. The van der Waals surface area contributed by atoms with Crippen molar-refractivity contribution in [3.63, 3.8) is 0 Å². The van der Waals surface area contributed by atoms with Crippen molar-refractivity contribution in [2.24, 2.45) is 11.8 Å². The number of ketones is 1. The van der Waals surface area contributed by atoms with E-state index in [1.54, 1.807) is 0 Å². The third-order valence-corrected chi connectivity index (χ3v) is 3.39. The second kappa shape index (κ2) is 4.23. The van der Waals surface area contributed by atoms with Crippen molar-refractivity contribution >= 4 is 5.78 Å². The minimum Gasteiger partial charge on any atom is -0.381 e. The van der Waals surface area contributed by atoms with E-state index in [2.05, 4.69) is 0 Å². The van der Waals surface area contributed by atoms with E-state index in [4.69, 9.17) is 4.74 Å². The molecule has 2 rings (SSSR count). The molecule has 1 heterocycles. The summed E-state index contributed by atoms with van der Waals surface area (Å²) >= 11 is 0. The summed E-state index contributed by atoms with van der Waals surface area (Å²) in [5, 5.41) is 0. The molecular formula is C11H18O2. The smallest absolute Gasteiger partial charge is 0.136 e. The molecule has 2 unspecified atom stereocenters. The van der Waals surface area contributed by atoms with Gasteiger partial charge in [-0.25, -0.2) is 0 Å². The maximum Gasteiger partial charge on any atom is 0.136 e. The first-order valence-electron chi connectivity index (χ1n) is 5.48. The Labute approximate surface area is 79.7 Å². The third-order valence-electron chi connectivity index (χ3n) is 3.39. The first-order chi connectivity index (χ1) is 6.38. The van der Waals surface area contributed by atoms with Crippen LogP contribution in [0.3, 0.4) is 0 Å². The Balaban J connectivity index is 1.97. The standard InChI is InChI=1S/C11H18O2/c12-11-5-3-1-2-4-10(11)9-6-7-13-8-9/h9-10H,1-8H2. The van der Waals surface area contributed by atoms with Gasteiger partial charge in [-0.3, -0.25) is 4.79 Å². The highest BCUT2D eigenvalue weighted by Gasteiger charge is 2.31. The highest BCUT2D eigenvalue weighted by atomic mass is 16.5. The van der Waals surface area contributed by atoms with Crippen LogP contribution in [0.5, 0.6) is 0 Å². The summed E-state index contributed by atoms with van der Waals surface area (Å²) in [6.07, 6.45) is 6.65. The Kier molecular flexibility index (Phi) is 2.99. The van der Waals surface area contributed by atoms with Crippen molar-refractivity contribution in [2.45, 2.75) is 38.5 Å². The van der Waals surface area contributed by atoms with Gasteiger partial charge in [-0.2, -0.15) is 0 Å². The summed E-state index contributed by atoms with van der Waals surface area (Å²) in [5.41, 5.74) is 0. The van der Waals surface area contributed by atoms with Gasteiger partial charge in [-0.1, -0.05) is 12.8 Å². The fourth-order valence-corrected chi connectivity index (χ4v) is 2.56. The number of rotatable bonds is 1. The number of carbonyl (C=O) groups excluding carboxylic acids is 1. The monoisotopic (exact) mass is 182 g/mol. The molecule has 2 aliphatic rings. The van der Waals surface area contributed by atoms with E-state index in [0.717, 1.165) is 38.9 Å². The number of Topliss-reactive ketones (excluding diaryl/α,β-unsaturated/α-hetero) is 1. The Bertz CT molecular complexity index is 183. The van der Waals surface area contributed by atoms with Crippen LogP contribution in [0.25, 0.3) is 0 Å². The van der Waals surface area contributed by atoms with Gasteiger partial charge in [0.25, 0.3) is 0 Å². The second-order valence-electron chi connectivity index (χ2n) is 4.30. The van der Waals surface area contributed by atoms with Crippen molar-refractivity contribution in [1.29, 1.82) is 0 Å². The third kappa shape index (κ3) is 2.11. The molecule has 1 saturated heterocycles. The van der Waals surface area contributed by atoms with Gasteiger partial charge in [-0.05, 0) is 25.2 Å². The molecule has 13 heavy (non-hydrogen) atoms. The average Bonchev–Trinajstić information content (AvgIpc) is 2.56. The predicted molar refractivity (Wildman–Crippen MR) is 50.5 cm³/mol. The predicted octanol–water partition coefficient (Wildman–Crippen LogP) is 2.17. The van der Waals surface area contributed by atoms with E-state index in [9.17, 15) is 4.79 Å². The molecule has 0 aromatic rings.